The van der Waals surface area contributed by atoms with Gasteiger partial charge in [0.2, 0.25) is 0 Å². The Morgan fingerprint density at radius 3 is 2.86 bits per heavy atom. The summed E-state index contributed by atoms with van der Waals surface area (Å²) in [6.45, 7) is 1.59. The number of anilines is 1. The summed E-state index contributed by atoms with van der Waals surface area (Å²) in [6, 6.07) is 7.93. The topological polar surface area (TPSA) is 59.2 Å². The van der Waals surface area contributed by atoms with Crippen LogP contribution in [-0.2, 0) is 6.42 Å². The first kappa shape index (κ1) is 14.4. The van der Waals surface area contributed by atoms with Crippen LogP contribution in [0.5, 0.6) is 0 Å². The normalized spacial score (nSPS) is 18.1. The van der Waals surface area contributed by atoms with E-state index in [2.05, 4.69) is 17.1 Å². The fourth-order valence-electron chi connectivity index (χ4n) is 2.68. The van der Waals surface area contributed by atoms with Crippen LogP contribution in [0.4, 0.5) is 5.13 Å². The molecular formula is C15H16ClN3OS. The molecule has 1 aromatic heterocycles. The van der Waals surface area contributed by atoms with Crippen LogP contribution in [0.2, 0.25) is 5.02 Å². The fourth-order valence-corrected chi connectivity index (χ4v) is 3.46. The van der Waals surface area contributed by atoms with E-state index in [-0.39, 0.29) is 5.91 Å². The number of nitrogen functional groups attached to an aromatic ring is 1. The highest BCUT2D eigenvalue weighted by Crippen LogP contribution is 2.25. The maximum atomic E-state index is 12.3. The summed E-state index contributed by atoms with van der Waals surface area (Å²) in [6.07, 6.45) is 3.57. The van der Waals surface area contributed by atoms with Crippen molar-refractivity contribution in [3.63, 3.8) is 0 Å². The Labute approximate surface area is 132 Å². The van der Waals surface area contributed by atoms with Gasteiger partial charge in [-0.05, 0) is 36.5 Å². The minimum absolute atomic E-state index is 0.0443. The van der Waals surface area contributed by atoms with Crippen molar-refractivity contribution < 1.29 is 4.79 Å². The summed E-state index contributed by atoms with van der Waals surface area (Å²) < 4.78 is 0. The first-order chi connectivity index (χ1) is 10.1. The van der Waals surface area contributed by atoms with Crippen LogP contribution in [0.25, 0.3) is 0 Å². The average molecular weight is 322 g/mol. The molecule has 1 atom stereocenters. The Balaban J connectivity index is 1.60. The zero-order chi connectivity index (χ0) is 14.8. The number of thiazole rings is 1. The highest BCUT2D eigenvalue weighted by atomic mass is 35.5. The van der Waals surface area contributed by atoms with E-state index in [9.17, 15) is 4.79 Å². The monoisotopic (exact) mass is 321 g/mol. The van der Waals surface area contributed by atoms with Gasteiger partial charge in [-0.2, -0.15) is 0 Å². The van der Waals surface area contributed by atoms with Gasteiger partial charge < -0.3 is 10.6 Å². The van der Waals surface area contributed by atoms with Gasteiger partial charge >= 0.3 is 0 Å². The predicted octanol–water partition coefficient (Wildman–Crippen LogP) is 3.08. The van der Waals surface area contributed by atoms with Gasteiger partial charge in [-0.3, -0.25) is 4.79 Å². The molecule has 0 saturated carbocycles. The second kappa shape index (κ2) is 6.03. The fraction of sp³-hybridized carbons (Fsp3) is 0.333. The lowest BCUT2D eigenvalue weighted by Crippen LogP contribution is -2.28. The van der Waals surface area contributed by atoms with Gasteiger partial charge in [-0.15, -0.1) is 0 Å². The highest BCUT2D eigenvalue weighted by Gasteiger charge is 2.27. The van der Waals surface area contributed by atoms with Crippen molar-refractivity contribution in [2.45, 2.75) is 12.8 Å². The molecule has 1 aliphatic rings. The molecule has 1 amide bonds. The number of halogens is 1. The number of nitrogens with zero attached hydrogens (tertiary/aromatic N) is 2. The number of rotatable bonds is 3. The predicted molar refractivity (Wildman–Crippen MR) is 85.7 cm³/mol. The Morgan fingerprint density at radius 1 is 1.43 bits per heavy atom. The van der Waals surface area contributed by atoms with Crippen molar-refractivity contribution in [1.82, 2.24) is 9.88 Å². The van der Waals surface area contributed by atoms with Gasteiger partial charge in [0, 0.05) is 18.1 Å². The Kier molecular flexibility index (Phi) is 4.12. The van der Waals surface area contributed by atoms with Crippen LogP contribution in [0.1, 0.15) is 21.7 Å². The molecule has 1 aromatic carbocycles. The quantitative estimate of drug-likeness (QED) is 0.945. The van der Waals surface area contributed by atoms with E-state index in [0.29, 0.717) is 15.9 Å². The molecule has 2 N–H and O–H groups in total. The van der Waals surface area contributed by atoms with E-state index in [1.165, 1.54) is 16.9 Å². The molecule has 1 unspecified atom stereocenters. The third-order valence-electron chi connectivity index (χ3n) is 3.75. The van der Waals surface area contributed by atoms with E-state index in [1.807, 2.05) is 17.0 Å². The average Bonchev–Trinajstić information content (AvgIpc) is 3.10. The van der Waals surface area contributed by atoms with Crippen molar-refractivity contribution >= 4 is 34.0 Å². The Morgan fingerprint density at radius 2 is 2.19 bits per heavy atom. The molecule has 6 heteroatoms. The molecule has 0 aliphatic carbocycles. The first-order valence-electron chi connectivity index (χ1n) is 6.87. The highest BCUT2D eigenvalue weighted by molar-refractivity contribution is 7.17. The number of benzene rings is 1. The molecule has 2 heterocycles. The van der Waals surface area contributed by atoms with E-state index >= 15 is 0 Å². The van der Waals surface area contributed by atoms with Crippen LogP contribution in [0, 0.1) is 5.92 Å². The summed E-state index contributed by atoms with van der Waals surface area (Å²) in [7, 11) is 0. The summed E-state index contributed by atoms with van der Waals surface area (Å²) >= 11 is 7.15. The van der Waals surface area contributed by atoms with Gasteiger partial charge in [0.15, 0.2) is 5.13 Å². The van der Waals surface area contributed by atoms with Crippen LogP contribution in [0.15, 0.2) is 30.5 Å². The van der Waals surface area contributed by atoms with Gasteiger partial charge in [0.05, 0.1) is 6.20 Å². The molecule has 1 aliphatic heterocycles. The third-order valence-corrected chi connectivity index (χ3v) is 4.81. The molecule has 4 nitrogen and oxygen atoms in total. The zero-order valence-corrected chi connectivity index (χ0v) is 13.0. The zero-order valence-electron chi connectivity index (χ0n) is 11.5. The lowest BCUT2D eigenvalue weighted by atomic mass is 9.99. The van der Waals surface area contributed by atoms with Gasteiger partial charge in [0.25, 0.3) is 5.91 Å². The van der Waals surface area contributed by atoms with Crippen molar-refractivity contribution in [2.24, 2.45) is 5.92 Å². The van der Waals surface area contributed by atoms with Crippen molar-refractivity contribution in [2.75, 3.05) is 18.8 Å². The number of carbonyl (C=O) groups is 1. The lowest BCUT2D eigenvalue weighted by Gasteiger charge is -2.15. The maximum absolute atomic E-state index is 12.3. The van der Waals surface area contributed by atoms with Crippen molar-refractivity contribution in [3.8, 4) is 0 Å². The van der Waals surface area contributed by atoms with Gasteiger partial charge in [-0.25, -0.2) is 4.98 Å². The van der Waals surface area contributed by atoms with Crippen LogP contribution in [-0.4, -0.2) is 28.9 Å². The van der Waals surface area contributed by atoms with E-state index in [4.69, 9.17) is 17.3 Å². The standard InChI is InChI=1S/C15H16ClN3OS/c16-12-3-1-10(2-4-12)7-11-5-6-19(9-11)14(20)13-8-18-15(17)21-13/h1-4,8,11H,5-7,9H2,(H2,17,18). The first-order valence-corrected chi connectivity index (χ1v) is 8.06. The van der Waals surface area contributed by atoms with Crippen LogP contribution >= 0.6 is 22.9 Å². The third kappa shape index (κ3) is 3.36. The van der Waals surface area contributed by atoms with E-state index in [1.54, 1.807) is 6.20 Å². The van der Waals surface area contributed by atoms with Gasteiger partial charge in [-0.1, -0.05) is 35.1 Å². The summed E-state index contributed by atoms with van der Waals surface area (Å²) in [5, 5.41) is 1.19. The van der Waals surface area contributed by atoms with E-state index in [0.717, 1.165) is 31.0 Å². The second-order valence-electron chi connectivity index (χ2n) is 5.30. The van der Waals surface area contributed by atoms with Gasteiger partial charge in [0.1, 0.15) is 4.88 Å². The number of hydrogen-bond donors (Lipinski definition) is 1. The van der Waals surface area contributed by atoms with E-state index < -0.39 is 0 Å². The number of likely N-dealkylation sites (tertiary alicyclic amines) is 1. The molecule has 3 rings (SSSR count). The molecule has 110 valence electrons. The Bertz CT molecular complexity index is 641. The molecule has 0 radical (unpaired) electrons. The molecular weight excluding hydrogens is 306 g/mol. The molecule has 0 spiro atoms. The largest absolute Gasteiger partial charge is 0.375 e. The minimum atomic E-state index is 0.0443. The molecule has 1 fully saturated rings. The SMILES string of the molecule is Nc1ncc(C(=O)N2CCC(Cc3ccc(Cl)cc3)C2)s1. The molecule has 21 heavy (non-hydrogen) atoms. The number of amides is 1. The smallest absolute Gasteiger partial charge is 0.265 e. The van der Waals surface area contributed by atoms with Crippen LogP contribution in [0.3, 0.4) is 0 Å². The van der Waals surface area contributed by atoms with Crippen molar-refractivity contribution in [3.05, 3.63) is 45.9 Å². The number of hydrogen-bond acceptors (Lipinski definition) is 4. The molecule has 1 saturated heterocycles. The van der Waals surface area contributed by atoms with Crippen molar-refractivity contribution in [1.29, 1.82) is 0 Å². The maximum Gasteiger partial charge on any atom is 0.265 e. The second-order valence-corrected chi connectivity index (χ2v) is 6.80. The number of carbonyl (C=O) groups excluding carboxylic acids is 1. The number of nitrogens with two attached hydrogens (primary N) is 1. The Hall–Kier alpha value is -1.59. The molecule has 0 bridgehead atoms. The summed E-state index contributed by atoms with van der Waals surface area (Å²) in [5.74, 6) is 0.545. The summed E-state index contributed by atoms with van der Waals surface area (Å²) in [5.41, 5.74) is 6.85. The lowest BCUT2D eigenvalue weighted by molar-refractivity contribution is 0.0791. The van der Waals surface area contributed by atoms with Crippen LogP contribution < -0.4 is 5.73 Å². The minimum Gasteiger partial charge on any atom is -0.375 e. The summed E-state index contributed by atoms with van der Waals surface area (Å²) in [4.78, 5) is 18.8. The number of aromatic nitrogens is 1. The molecule has 2 aromatic rings.